The molecule has 1 aromatic carbocycles. The van der Waals surface area contributed by atoms with Gasteiger partial charge in [-0.15, -0.1) is 0 Å². The van der Waals surface area contributed by atoms with Crippen LogP contribution in [-0.2, 0) is 0 Å². The molecule has 0 spiro atoms. The van der Waals surface area contributed by atoms with Gasteiger partial charge in [-0.1, -0.05) is 35.5 Å². The highest BCUT2D eigenvalue weighted by Crippen LogP contribution is 2.12. The number of amidine groups is 1. The Kier molecular flexibility index (Phi) is 1.70. The van der Waals surface area contributed by atoms with E-state index in [-0.39, 0.29) is 0 Å². The lowest BCUT2D eigenvalue weighted by atomic mass is 10.2. The topological polar surface area (TPSA) is 35.6 Å². The minimum Gasteiger partial charge on any atom is -0.409 e. The van der Waals surface area contributed by atoms with Gasteiger partial charge in [0.05, 0.1) is 0 Å². The van der Waals surface area contributed by atoms with Crippen LogP contribution in [0, 0.1) is 0 Å². The lowest BCUT2D eigenvalue weighted by Crippen LogP contribution is -2.11. The third-order valence-electron chi connectivity index (χ3n) is 1.87. The third-order valence-corrected chi connectivity index (χ3v) is 1.87. The van der Waals surface area contributed by atoms with Crippen LogP contribution in [0.5, 0.6) is 0 Å². The van der Waals surface area contributed by atoms with Gasteiger partial charge in [0, 0.05) is 18.7 Å². The van der Waals surface area contributed by atoms with Gasteiger partial charge in [-0.2, -0.15) is 0 Å². The summed E-state index contributed by atoms with van der Waals surface area (Å²) in [6.45, 7) is 1.99. The highest BCUT2D eigenvalue weighted by molar-refractivity contribution is 5.99. The molecule has 0 atom stereocenters. The molecule has 1 fully saturated rings. The molecule has 0 saturated carbocycles. The van der Waals surface area contributed by atoms with E-state index in [9.17, 15) is 0 Å². The Bertz CT molecular complexity index is 291. The van der Waals surface area contributed by atoms with Crippen molar-refractivity contribution in [3.05, 3.63) is 35.9 Å². The molecule has 1 saturated heterocycles. The molecule has 0 aliphatic carbocycles. The molecule has 0 aromatic heterocycles. The third kappa shape index (κ3) is 1.25. The lowest BCUT2D eigenvalue weighted by Gasteiger charge is -2.03. The average molecular weight is 162 g/mol. The smallest absolute Gasteiger partial charge is 0.175 e. The van der Waals surface area contributed by atoms with Crippen LogP contribution in [0.3, 0.4) is 0 Å². The van der Waals surface area contributed by atoms with Crippen LogP contribution in [0.1, 0.15) is 5.56 Å². The van der Waals surface area contributed by atoms with Gasteiger partial charge in [-0.3, -0.25) is 0 Å². The molecule has 3 heteroatoms. The van der Waals surface area contributed by atoms with Crippen molar-refractivity contribution in [2.75, 3.05) is 13.1 Å². The maximum atomic E-state index is 8.74. The zero-order valence-electron chi connectivity index (χ0n) is 6.64. The van der Waals surface area contributed by atoms with Gasteiger partial charge >= 0.3 is 0 Å². The van der Waals surface area contributed by atoms with E-state index < -0.39 is 0 Å². The Morgan fingerprint density at radius 1 is 1.25 bits per heavy atom. The molecule has 1 heterocycles. The highest BCUT2D eigenvalue weighted by atomic mass is 16.4. The fourth-order valence-electron chi connectivity index (χ4n) is 1.15. The summed E-state index contributed by atoms with van der Waals surface area (Å²) in [5.74, 6) is 0.676. The van der Waals surface area contributed by atoms with E-state index in [1.165, 1.54) is 0 Å². The molecule has 12 heavy (non-hydrogen) atoms. The fraction of sp³-hybridized carbons (Fsp3) is 0.222. The van der Waals surface area contributed by atoms with Crippen LogP contribution in [0.2, 0.25) is 0 Å². The summed E-state index contributed by atoms with van der Waals surface area (Å²) in [7, 11) is 0. The van der Waals surface area contributed by atoms with Crippen molar-refractivity contribution in [3.63, 3.8) is 0 Å². The molecular formula is C9H10N2O. The SMILES string of the molecule is O/N=C(/c1ccccc1)N1CC1. The molecule has 0 unspecified atom stereocenters. The predicted octanol–water partition coefficient (Wildman–Crippen LogP) is 1.14. The molecule has 1 N–H and O–H groups in total. The Morgan fingerprint density at radius 3 is 2.42 bits per heavy atom. The van der Waals surface area contributed by atoms with E-state index in [1.54, 1.807) is 0 Å². The summed E-state index contributed by atoms with van der Waals surface area (Å²) in [6.07, 6.45) is 0. The van der Waals surface area contributed by atoms with Gasteiger partial charge in [-0.25, -0.2) is 0 Å². The maximum absolute atomic E-state index is 8.74. The first kappa shape index (κ1) is 7.16. The number of benzene rings is 1. The largest absolute Gasteiger partial charge is 0.409 e. The Morgan fingerprint density at radius 2 is 1.92 bits per heavy atom. The van der Waals surface area contributed by atoms with Crippen LogP contribution < -0.4 is 0 Å². The maximum Gasteiger partial charge on any atom is 0.175 e. The van der Waals surface area contributed by atoms with E-state index in [0.29, 0.717) is 5.84 Å². The van der Waals surface area contributed by atoms with E-state index in [0.717, 1.165) is 18.7 Å². The quantitative estimate of drug-likeness (QED) is 0.221. The van der Waals surface area contributed by atoms with Gasteiger partial charge in [0.1, 0.15) is 0 Å². The molecule has 0 radical (unpaired) electrons. The molecule has 62 valence electrons. The predicted molar refractivity (Wildman–Crippen MR) is 46.3 cm³/mol. The first-order chi connectivity index (χ1) is 5.92. The first-order valence-corrected chi connectivity index (χ1v) is 3.94. The zero-order valence-corrected chi connectivity index (χ0v) is 6.64. The van der Waals surface area contributed by atoms with Crippen LogP contribution in [0.4, 0.5) is 0 Å². The van der Waals surface area contributed by atoms with Gasteiger partial charge < -0.3 is 10.1 Å². The molecular weight excluding hydrogens is 152 g/mol. The lowest BCUT2D eigenvalue weighted by molar-refractivity contribution is 0.314. The van der Waals surface area contributed by atoms with Crippen LogP contribution >= 0.6 is 0 Å². The molecule has 0 amide bonds. The Balaban J connectivity index is 2.28. The summed E-state index contributed by atoms with van der Waals surface area (Å²) in [4.78, 5) is 2.01. The summed E-state index contributed by atoms with van der Waals surface area (Å²) in [5.41, 5.74) is 0.970. The van der Waals surface area contributed by atoms with Gasteiger partial charge in [-0.05, 0) is 0 Å². The van der Waals surface area contributed by atoms with Crippen LogP contribution in [-0.4, -0.2) is 29.0 Å². The number of nitrogens with zero attached hydrogens (tertiary/aromatic N) is 2. The molecule has 1 aliphatic heterocycles. The summed E-state index contributed by atoms with van der Waals surface area (Å²) >= 11 is 0. The second-order valence-electron chi connectivity index (χ2n) is 2.78. The number of oxime groups is 1. The minimum atomic E-state index is 0.676. The second kappa shape index (κ2) is 2.85. The molecule has 2 rings (SSSR count). The second-order valence-corrected chi connectivity index (χ2v) is 2.78. The van der Waals surface area contributed by atoms with Gasteiger partial charge in [0.15, 0.2) is 5.84 Å². The fourth-order valence-corrected chi connectivity index (χ4v) is 1.15. The molecule has 1 aromatic rings. The Hall–Kier alpha value is -1.51. The van der Waals surface area contributed by atoms with E-state index in [4.69, 9.17) is 5.21 Å². The van der Waals surface area contributed by atoms with E-state index in [1.807, 2.05) is 35.2 Å². The van der Waals surface area contributed by atoms with Crippen LogP contribution in [0.15, 0.2) is 35.5 Å². The average Bonchev–Trinajstić information content (AvgIpc) is 2.92. The standard InChI is InChI=1S/C9H10N2O/c12-10-9(11-6-7-11)8-4-2-1-3-5-8/h1-5,12H,6-7H2/b10-9-. The first-order valence-electron chi connectivity index (χ1n) is 3.94. The molecule has 1 aliphatic rings. The zero-order chi connectivity index (χ0) is 8.39. The summed E-state index contributed by atoms with van der Waals surface area (Å²) < 4.78 is 0. The number of hydrogen-bond donors (Lipinski definition) is 1. The number of rotatable bonds is 1. The monoisotopic (exact) mass is 162 g/mol. The van der Waals surface area contributed by atoms with Crippen LogP contribution in [0.25, 0.3) is 0 Å². The Labute approximate surface area is 70.9 Å². The summed E-state index contributed by atoms with van der Waals surface area (Å²) in [5, 5.41) is 12.0. The minimum absolute atomic E-state index is 0.676. The van der Waals surface area contributed by atoms with Crippen molar-refractivity contribution in [2.24, 2.45) is 5.16 Å². The van der Waals surface area contributed by atoms with Gasteiger partial charge in [0.25, 0.3) is 0 Å². The van der Waals surface area contributed by atoms with E-state index in [2.05, 4.69) is 5.16 Å². The van der Waals surface area contributed by atoms with Crippen molar-refractivity contribution in [1.29, 1.82) is 0 Å². The van der Waals surface area contributed by atoms with Gasteiger partial charge in [0.2, 0.25) is 0 Å². The van der Waals surface area contributed by atoms with Crippen molar-refractivity contribution in [2.45, 2.75) is 0 Å². The van der Waals surface area contributed by atoms with Crippen molar-refractivity contribution < 1.29 is 5.21 Å². The van der Waals surface area contributed by atoms with Crippen molar-refractivity contribution >= 4 is 5.84 Å². The molecule has 0 bridgehead atoms. The molecule has 3 nitrogen and oxygen atoms in total. The number of hydrogen-bond acceptors (Lipinski definition) is 2. The van der Waals surface area contributed by atoms with Crippen molar-refractivity contribution in [1.82, 2.24) is 4.90 Å². The highest BCUT2D eigenvalue weighted by Gasteiger charge is 2.23. The summed E-state index contributed by atoms with van der Waals surface area (Å²) in [6, 6.07) is 9.69. The van der Waals surface area contributed by atoms with E-state index >= 15 is 0 Å². The van der Waals surface area contributed by atoms with Crippen molar-refractivity contribution in [3.8, 4) is 0 Å². The normalized spacial score (nSPS) is 16.3.